The van der Waals surface area contributed by atoms with Crippen molar-refractivity contribution < 1.29 is 31.1 Å². The van der Waals surface area contributed by atoms with Gasteiger partial charge in [0.15, 0.2) is 29.2 Å². The summed E-state index contributed by atoms with van der Waals surface area (Å²) in [6.07, 6.45) is -3.20. The SMILES string of the molecule is C[C@]1(c2cc(N=C(N)c3ncc(OCC(F)(F)F)cc3Cl)cc(F)c2F)N=C(N)S[C@@]2(CF)C[C@H]21. The maximum Gasteiger partial charge on any atom is 0.422 e. The molecule has 1 aromatic carbocycles. The lowest BCUT2D eigenvalue weighted by Crippen LogP contribution is -2.37. The highest BCUT2D eigenvalue weighted by Crippen LogP contribution is 2.66. The van der Waals surface area contributed by atoms with Crippen molar-refractivity contribution in [1.82, 2.24) is 4.98 Å². The zero-order valence-corrected chi connectivity index (χ0v) is 19.5. The minimum absolute atomic E-state index is 0.0657. The number of nitrogens with two attached hydrogens (primary N) is 2. The Hall–Kier alpha value is -2.67. The molecule has 0 unspecified atom stereocenters. The van der Waals surface area contributed by atoms with E-state index >= 15 is 0 Å². The number of amidine groups is 2. The van der Waals surface area contributed by atoms with Crippen molar-refractivity contribution in [2.45, 2.75) is 29.8 Å². The summed E-state index contributed by atoms with van der Waals surface area (Å²) < 4.78 is 83.9. The van der Waals surface area contributed by atoms with Gasteiger partial charge in [-0.25, -0.2) is 23.1 Å². The van der Waals surface area contributed by atoms with E-state index in [0.29, 0.717) is 6.42 Å². The van der Waals surface area contributed by atoms with Crippen molar-refractivity contribution in [3.63, 3.8) is 0 Å². The van der Waals surface area contributed by atoms with Gasteiger partial charge in [0.25, 0.3) is 0 Å². The fraction of sp³-hybridized carbons (Fsp3) is 0.381. The molecule has 2 heterocycles. The quantitative estimate of drug-likeness (QED) is 0.307. The molecule has 188 valence electrons. The summed E-state index contributed by atoms with van der Waals surface area (Å²) in [6, 6.07) is 3.09. The van der Waals surface area contributed by atoms with Gasteiger partial charge in [-0.3, -0.25) is 4.99 Å². The summed E-state index contributed by atoms with van der Waals surface area (Å²) in [7, 11) is 0. The van der Waals surface area contributed by atoms with Gasteiger partial charge in [-0.05, 0) is 19.4 Å². The first-order chi connectivity index (χ1) is 16.3. The predicted octanol–water partition coefficient (Wildman–Crippen LogP) is 5.00. The molecule has 1 aromatic heterocycles. The average molecular weight is 538 g/mol. The third-order valence-corrected chi connectivity index (χ3v) is 7.40. The van der Waals surface area contributed by atoms with E-state index in [9.17, 15) is 26.3 Å². The standard InChI is InChI=1S/C21H18ClF6N5OS/c1-19(14-5-20(14,7-23)35-18(30)33-19)11-2-9(3-13(24)15(11)25)32-17(29)16-12(22)4-10(6-31-16)34-8-21(26,27)28/h2-4,6,14H,5,7-8H2,1H3,(H2,29,32)(H2,30,33)/t14-,19+,20+/m0/s1. The first-order valence-corrected chi connectivity index (χ1v) is 11.3. The number of thioether (sulfide) groups is 1. The molecule has 0 spiro atoms. The Morgan fingerprint density at radius 3 is 2.66 bits per heavy atom. The molecule has 4 rings (SSSR count). The highest BCUT2D eigenvalue weighted by atomic mass is 35.5. The molecule has 0 radical (unpaired) electrons. The van der Waals surface area contributed by atoms with E-state index < -0.39 is 47.3 Å². The van der Waals surface area contributed by atoms with Gasteiger partial charge in [0, 0.05) is 23.6 Å². The second kappa shape index (κ2) is 8.77. The number of fused-ring (bicyclic) bond motifs is 1. The molecule has 1 saturated carbocycles. The van der Waals surface area contributed by atoms with E-state index in [1.807, 2.05) is 0 Å². The van der Waals surface area contributed by atoms with Crippen LogP contribution in [0, 0.1) is 17.6 Å². The van der Waals surface area contributed by atoms with Gasteiger partial charge in [0.2, 0.25) is 0 Å². The number of nitrogens with zero attached hydrogens (tertiary/aromatic N) is 3. The number of hydrogen-bond donors (Lipinski definition) is 2. The van der Waals surface area contributed by atoms with Crippen molar-refractivity contribution in [2.24, 2.45) is 27.4 Å². The fourth-order valence-corrected chi connectivity index (χ4v) is 5.70. The topological polar surface area (TPSA) is 98.9 Å². The Labute approximate surface area is 204 Å². The molecular formula is C21H18ClF6N5OS. The maximum atomic E-state index is 14.9. The molecule has 0 amide bonds. The number of pyridine rings is 1. The molecule has 1 aliphatic carbocycles. The van der Waals surface area contributed by atoms with Crippen LogP contribution in [0.5, 0.6) is 5.75 Å². The maximum absolute atomic E-state index is 14.9. The fourth-order valence-electron chi connectivity index (χ4n) is 4.12. The van der Waals surface area contributed by atoms with Gasteiger partial charge in [-0.2, -0.15) is 13.2 Å². The van der Waals surface area contributed by atoms with Crippen molar-refractivity contribution in [3.8, 4) is 5.75 Å². The Balaban J connectivity index is 1.67. The van der Waals surface area contributed by atoms with Crippen LogP contribution in [-0.2, 0) is 5.54 Å². The molecule has 3 atom stereocenters. The zero-order valence-electron chi connectivity index (χ0n) is 18.0. The predicted molar refractivity (Wildman–Crippen MR) is 121 cm³/mol. The molecule has 1 aliphatic heterocycles. The summed E-state index contributed by atoms with van der Waals surface area (Å²) in [5, 5.41) is -0.107. The van der Waals surface area contributed by atoms with Crippen molar-refractivity contribution in [2.75, 3.05) is 13.3 Å². The van der Waals surface area contributed by atoms with E-state index in [2.05, 4.69) is 19.7 Å². The summed E-state index contributed by atoms with van der Waals surface area (Å²) in [4.78, 5) is 12.2. The highest BCUT2D eigenvalue weighted by molar-refractivity contribution is 8.15. The van der Waals surface area contributed by atoms with E-state index in [0.717, 1.165) is 30.1 Å². The first-order valence-electron chi connectivity index (χ1n) is 10.1. The zero-order chi connectivity index (χ0) is 25.8. The molecule has 6 nitrogen and oxygen atoms in total. The van der Waals surface area contributed by atoms with E-state index in [-0.39, 0.29) is 38.7 Å². The second-order valence-corrected chi connectivity index (χ2v) is 10.2. The lowest BCUT2D eigenvalue weighted by Gasteiger charge is -2.33. The molecule has 4 N–H and O–H groups in total. The summed E-state index contributed by atoms with van der Waals surface area (Å²) in [6.45, 7) is -0.690. The molecule has 2 aliphatic rings. The van der Waals surface area contributed by atoms with Crippen LogP contribution in [0.4, 0.5) is 32.0 Å². The highest BCUT2D eigenvalue weighted by Gasteiger charge is 2.66. The lowest BCUT2D eigenvalue weighted by atomic mass is 9.85. The summed E-state index contributed by atoms with van der Waals surface area (Å²) >= 11 is 7.14. The normalized spacial score (nSPS) is 26.2. The molecule has 1 fully saturated rings. The number of halogens is 7. The van der Waals surface area contributed by atoms with Crippen molar-refractivity contribution >= 4 is 40.1 Å². The van der Waals surface area contributed by atoms with Gasteiger partial charge in [-0.15, -0.1) is 0 Å². The largest absolute Gasteiger partial charge is 0.482 e. The second-order valence-electron chi connectivity index (χ2n) is 8.35. The number of alkyl halides is 4. The Bertz CT molecular complexity index is 1240. The van der Waals surface area contributed by atoms with E-state index in [4.69, 9.17) is 23.1 Å². The average Bonchev–Trinajstić information content (AvgIpc) is 3.50. The monoisotopic (exact) mass is 537 g/mol. The number of aliphatic imine (C=N–C) groups is 2. The van der Waals surface area contributed by atoms with Gasteiger partial charge in [0.1, 0.15) is 18.1 Å². The molecular weight excluding hydrogens is 520 g/mol. The minimum atomic E-state index is -4.55. The number of benzene rings is 1. The molecule has 35 heavy (non-hydrogen) atoms. The van der Waals surface area contributed by atoms with Crippen LogP contribution in [0.15, 0.2) is 34.4 Å². The van der Waals surface area contributed by atoms with Crippen LogP contribution in [0.3, 0.4) is 0 Å². The van der Waals surface area contributed by atoms with Crippen molar-refractivity contribution in [3.05, 3.63) is 52.3 Å². The van der Waals surface area contributed by atoms with E-state index in [1.54, 1.807) is 6.92 Å². The summed E-state index contributed by atoms with van der Waals surface area (Å²) in [5.41, 5.74) is 10.1. The third-order valence-electron chi connectivity index (χ3n) is 5.85. The van der Waals surface area contributed by atoms with Gasteiger partial charge in [0.05, 0.1) is 27.2 Å². The Morgan fingerprint density at radius 1 is 1.31 bits per heavy atom. The lowest BCUT2D eigenvalue weighted by molar-refractivity contribution is -0.153. The molecule has 2 aromatic rings. The minimum Gasteiger partial charge on any atom is -0.482 e. The molecule has 14 heteroatoms. The van der Waals surface area contributed by atoms with Gasteiger partial charge in [-0.1, -0.05) is 23.4 Å². The first kappa shape index (κ1) is 25.4. The van der Waals surface area contributed by atoms with Crippen LogP contribution in [0.25, 0.3) is 0 Å². The smallest absolute Gasteiger partial charge is 0.422 e. The number of ether oxygens (including phenoxy) is 1. The number of rotatable bonds is 6. The summed E-state index contributed by atoms with van der Waals surface area (Å²) in [5.74, 6) is -3.38. The van der Waals surface area contributed by atoms with Crippen LogP contribution in [-0.4, -0.2) is 40.2 Å². The Kier molecular flexibility index (Phi) is 6.37. The van der Waals surface area contributed by atoms with Crippen molar-refractivity contribution in [1.29, 1.82) is 0 Å². The van der Waals surface area contributed by atoms with Gasteiger partial charge >= 0.3 is 6.18 Å². The van der Waals surface area contributed by atoms with E-state index in [1.165, 1.54) is 6.07 Å². The van der Waals surface area contributed by atoms with Crippen LogP contribution in [0.1, 0.15) is 24.6 Å². The van der Waals surface area contributed by atoms with Gasteiger partial charge < -0.3 is 16.2 Å². The van der Waals surface area contributed by atoms with Crippen LogP contribution < -0.4 is 16.2 Å². The third kappa shape index (κ3) is 4.88. The van der Waals surface area contributed by atoms with Crippen LogP contribution >= 0.6 is 23.4 Å². The number of aromatic nitrogens is 1. The molecule has 0 saturated heterocycles. The molecule has 0 bridgehead atoms. The Morgan fingerprint density at radius 2 is 2.03 bits per heavy atom. The van der Waals surface area contributed by atoms with Crippen LogP contribution in [0.2, 0.25) is 5.02 Å². The number of hydrogen-bond acceptors (Lipinski definition) is 6.